The molecule has 0 saturated carbocycles. The van der Waals surface area contributed by atoms with Crippen molar-refractivity contribution in [2.45, 2.75) is 25.9 Å². The maximum atomic E-state index is 12.6. The van der Waals surface area contributed by atoms with Gasteiger partial charge < -0.3 is 20.1 Å². The van der Waals surface area contributed by atoms with E-state index in [1.54, 1.807) is 25.3 Å². The number of hydrogen-bond acceptors (Lipinski definition) is 4. The Morgan fingerprint density at radius 1 is 1.40 bits per heavy atom. The van der Waals surface area contributed by atoms with Crippen molar-refractivity contribution in [3.63, 3.8) is 0 Å². The number of amides is 1. The summed E-state index contributed by atoms with van der Waals surface area (Å²) in [5.41, 5.74) is 6.90. The lowest BCUT2D eigenvalue weighted by molar-refractivity contribution is 0.0349. The quantitative estimate of drug-likeness (QED) is 0.855. The number of carbonyl (C=O) groups excluding carboxylic acids is 1. The number of ether oxygens (including phenoxy) is 2. The molecule has 2 rings (SSSR count). The van der Waals surface area contributed by atoms with Crippen molar-refractivity contribution in [2.75, 3.05) is 32.5 Å². The van der Waals surface area contributed by atoms with E-state index in [1.165, 1.54) is 0 Å². The van der Waals surface area contributed by atoms with Crippen molar-refractivity contribution in [1.82, 2.24) is 4.90 Å². The molecule has 0 radical (unpaired) electrons. The summed E-state index contributed by atoms with van der Waals surface area (Å²) in [7, 11) is 1.71. The number of likely N-dealkylation sites (tertiary alicyclic amines) is 1. The lowest BCUT2D eigenvalue weighted by Gasteiger charge is -2.31. The van der Waals surface area contributed by atoms with Crippen molar-refractivity contribution in [2.24, 2.45) is 0 Å². The Morgan fingerprint density at radius 2 is 2.10 bits per heavy atom. The van der Waals surface area contributed by atoms with Gasteiger partial charge in [-0.3, -0.25) is 4.79 Å². The molecule has 0 atom stereocenters. The highest BCUT2D eigenvalue weighted by atomic mass is 16.5. The second kappa shape index (κ2) is 6.61. The normalized spacial score (nSPS) is 16.2. The van der Waals surface area contributed by atoms with Crippen molar-refractivity contribution in [3.05, 3.63) is 23.8 Å². The van der Waals surface area contributed by atoms with E-state index in [1.807, 2.05) is 11.8 Å². The third-order valence-corrected chi connectivity index (χ3v) is 3.63. The highest BCUT2D eigenvalue weighted by Crippen LogP contribution is 2.27. The summed E-state index contributed by atoms with van der Waals surface area (Å²) in [5.74, 6) is 0.507. The van der Waals surface area contributed by atoms with Crippen LogP contribution < -0.4 is 10.5 Å². The van der Waals surface area contributed by atoms with Gasteiger partial charge in [-0.1, -0.05) is 6.07 Å². The SMILES string of the molecule is CCOc1cccc(N)c1C(=O)N1CCC(OC)CC1. The first-order valence-electron chi connectivity index (χ1n) is 7.00. The minimum Gasteiger partial charge on any atom is -0.493 e. The number of carbonyl (C=O) groups is 1. The highest BCUT2D eigenvalue weighted by molar-refractivity contribution is 6.01. The average molecular weight is 278 g/mol. The monoisotopic (exact) mass is 278 g/mol. The Labute approximate surface area is 119 Å². The number of anilines is 1. The molecule has 20 heavy (non-hydrogen) atoms. The van der Waals surface area contributed by atoms with Crippen LogP contribution in [0.3, 0.4) is 0 Å². The Bertz CT molecular complexity index is 468. The van der Waals surface area contributed by atoms with Crippen molar-refractivity contribution < 1.29 is 14.3 Å². The molecule has 110 valence electrons. The second-order valence-corrected chi connectivity index (χ2v) is 4.88. The van der Waals surface area contributed by atoms with Gasteiger partial charge in [-0.15, -0.1) is 0 Å². The summed E-state index contributed by atoms with van der Waals surface area (Å²) in [6.45, 7) is 3.78. The maximum absolute atomic E-state index is 12.6. The van der Waals surface area contributed by atoms with Crippen LogP contribution in [0.15, 0.2) is 18.2 Å². The molecule has 2 N–H and O–H groups in total. The van der Waals surface area contributed by atoms with Crippen LogP contribution in [0.25, 0.3) is 0 Å². The molecule has 0 unspecified atom stereocenters. The summed E-state index contributed by atoms with van der Waals surface area (Å²) < 4.78 is 10.8. The largest absolute Gasteiger partial charge is 0.493 e. The van der Waals surface area contributed by atoms with Gasteiger partial charge in [-0.2, -0.15) is 0 Å². The minimum atomic E-state index is -0.0545. The molecule has 1 fully saturated rings. The molecule has 1 heterocycles. The predicted octanol–water partition coefficient (Wildman–Crippen LogP) is 1.92. The van der Waals surface area contributed by atoms with Crippen LogP contribution in [0.1, 0.15) is 30.1 Å². The predicted molar refractivity (Wildman–Crippen MR) is 78.0 cm³/mol. The van der Waals surface area contributed by atoms with Gasteiger partial charge in [0.05, 0.1) is 12.7 Å². The summed E-state index contributed by atoms with van der Waals surface area (Å²) in [6.07, 6.45) is 1.97. The van der Waals surface area contributed by atoms with Crippen LogP contribution in [0.4, 0.5) is 5.69 Å². The molecule has 5 nitrogen and oxygen atoms in total. The molecular formula is C15H22N2O3. The first-order valence-corrected chi connectivity index (χ1v) is 7.00. The summed E-state index contributed by atoms with van der Waals surface area (Å²) in [4.78, 5) is 14.5. The fraction of sp³-hybridized carbons (Fsp3) is 0.533. The zero-order valence-electron chi connectivity index (χ0n) is 12.1. The molecule has 0 aromatic heterocycles. The van der Waals surface area contributed by atoms with E-state index in [-0.39, 0.29) is 12.0 Å². The molecule has 1 saturated heterocycles. The van der Waals surface area contributed by atoms with Gasteiger partial charge >= 0.3 is 0 Å². The molecule has 1 aromatic rings. The molecule has 5 heteroatoms. The number of methoxy groups -OCH3 is 1. The van der Waals surface area contributed by atoms with Gasteiger partial charge in [0, 0.05) is 25.9 Å². The summed E-state index contributed by atoms with van der Waals surface area (Å²) in [6, 6.07) is 5.32. The van der Waals surface area contributed by atoms with Crippen molar-refractivity contribution in [1.29, 1.82) is 0 Å². The van der Waals surface area contributed by atoms with E-state index in [9.17, 15) is 4.79 Å². The third kappa shape index (κ3) is 3.04. The van der Waals surface area contributed by atoms with Gasteiger partial charge in [-0.25, -0.2) is 0 Å². The molecule has 1 amide bonds. The fourth-order valence-electron chi connectivity index (χ4n) is 2.51. The molecule has 1 aliphatic rings. The second-order valence-electron chi connectivity index (χ2n) is 4.88. The number of piperidine rings is 1. The Morgan fingerprint density at radius 3 is 2.70 bits per heavy atom. The first kappa shape index (κ1) is 14.7. The zero-order chi connectivity index (χ0) is 14.5. The number of rotatable bonds is 4. The molecule has 1 aromatic carbocycles. The van der Waals surface area contributed by atoms with E-state index in [4.69, 9.17) is 15.2 Å². The van der Waals surface area contributed by atoms with Crippen molar-refractivity contribution in [3.8, 4) is 5.75 Å². The number of benzene rings is 1. The summed E-state index contributed by atoms with van der Waals surface area (Å²) in [5, 5.41) is 0. The van der Waals surface area contributed by atoms with E-state index >= 15 is 0 Å². The van der Waals surface area contributed by atoms with E-state index in [0.717, 1.165) is 12.8 Å². The van der Waals surface area contributed by atoms with E-state index < -0.39 is 0 Å². The molecule has 0 bridgehead atoms. The number of nitrogens with two attached hydrogens (primary N) is 1. The van der Waals surface area contributed by atoms with Crippen LogP contribution >= 0.6 is 0 Å². The number of hydrogen-bond donors (Lipinski definition) is 1. The van der Waals surface area contributed by atoms with Crippen LogP contribution in [0.5, 0.6) is 5.75 Å². The fourth-order valence-corrected chi connectivity index (χ4v) is 2.51. The Hall–Kier alpha value is -1.75. The maximum Gasteiger partial charge on any atom is 0.259 e. The first-order chi connectivity index (χ1) is 9.67. The number of nitrogens with zero attached hydrogens (tertiary/aromatic N) is 1. The molecule has 1 aliphatic heterocycles. The standard InChI is InChI=1S/C15H22N2O3/c1-3-20-13-6-4-5-12(16)14(13)15(18)17-9-7-11(19-2)8-10-17/h4-6,11H,3,7-10,16H2,1-2H3. The smallest absolute Gasteiger partial charge is 0.259 e. The molecular weight excluding hydrogens is 256 g/mol. The van der Waals surface area contributed by atoms with Crippen LogP contribution in [0.2, 0.25) is 0 Å². The third-order valence-electron chi connectivity index (χ3n) is 3.63. The Kier molecular flexibility index (Phi) is 4.84. The zero-order valence-corrected chi connectivity index (χ0v) is 12.1. The van der Waals surface area contributed by atoms with Gasteiger partial charge in [-0.05, 0) is 31.9 Å². The van der Waals surface area contributed by atoms with Crippen LogP contribution in [0, 0.1) is 0 Å². The Balaban J connectivity index is 2.17. The van der Waals surface area contributed by atoms with Crippen LogP contribution in [-0.2, 0) is 4.74 Å². The lowest BCUT2D eigenvalue weighted by Crippen LogP contribution is -2.41. The average Bonchev–Trinajstić information content (AvgIpc) is 2.47. The number of nitrogen functional groups attached to an aromatic ring is 1. The van der Waals surface area contributed by atoms with Gasteiger partial charge in [0.2, 0.25) is 0 Å². The summed E-state index contributed by atoms with van der Waals surface area (Å²) >= 11 is 0. The van der Waals surface area contributed by atoms with Gasteiger partial charge in [0.1, 0.15) is 11.3 Å². The van der Waals surface area contributed by atoms with Gasteiger partial charge in [0.25, 0.3) is 5.91 Å². The minimum absolute atomic E-state index is 0.0545. The molecule has 0 spiro atoms. The van der Waals surface area contributed by atoms with E-state index in [2.05, 4.69) is 0 Å². The highest BCUT2D eigenvalue weighted by Gasteiger charge is 2.26. The van der Waals surface area contributed by atoms with Gasteiger partial charge in [0.15, 0.2) is 0 Å². The van der Waals surface area contributed by atoms with Crippen molar-refractivity contribution >= 4 is 11.6 Å². The van der Waals surface area contributed by atoms with Crippen LogP contribution in [-0.4, -0.2) is 43.7 Å². The lowest BCUT2D eigenvalue weighted by atomic mass is 10.0. The topological polar surface area (TPSA) is 64.8 Å². The molecule has 0 aliphatic carbocycles. The van der Waals surface area contributed by atoms with E-state index in [0.29, 0.717) is 36.7 Å².